The van der Waals surface area contributed by atoms with Crippen molar-refractivity contribution in [1.29, 1.82) is 0 Å². The summed E-state index contributed by atoms with van der Waals surface area (Å²) >= 11 is 9.01. The number of carbonyl (C=O) groups is 1. The Bertz CT molecular complexity index is 619. The van der Waals surface area contributed by atoms with Gasteiger partial charge in [-0.25, -0.2) is 8.42 Å². The molecule has 0 saturated carbocycles. The molecule has 118 valence electrons. The molecule has 0 aliphatic heterocycles. The number of benzene rings is 1. The van der Waals surface area contributed by atoms with E-state index in [9.17, 15) is 13.2 Å². The lowest BCUT2D eigenvalue weighted by Crippen LogP contribution is -2.42. The van der Waals surface area contributed by atoms with E-state index in [1.807, 2.05) is 13.8 Å². The highest BCUT2D eigenvalue weighted by molar-refractivity contribution is 9.10. The van der Waals surface area contributed by atoms with Gasteiger partial charge in [0.2, 0.25) is 10.0 Å². The Morgan fingerprint density at radius 1 is 1.43 bits per heavy atom. The molecule has 1 aromatic carbocycles. The van der Waals surface area contributed by atoms with Crippen LogP contribution in [0.5, 0.6) is 0 Å². The molecule has 0 spiro atoms. The second-order valence-electron chi connectivity index (χ2n) is 4.90. The van der Waals surface area contributed by atoms with Crippen LogP contribution >= 0.6 is 27.5 Å². The van der Waals surface area contributed by atoms with E-state index in [0.29, 0.717) is 15.9 Å². The molecule has 8 heteroatoms. The summed E-state index contributed by atoms with van der Waals surface area (Å²) in [5.41, 5.74) is 0. The van der Waals surface area contributed by atoms with Gasteiger partial charge in [0.05, 0.1) is 17.0 Å². The van der Waals surface area contributed by atoms with Crippen molar-refractivity contribution in [1.82, 2.24) is 4.72 Å². The topological polar surface area (TPSA) is 72.5 Å². The first-order chi connectivity index (χ1) is 9.67. The average molecular weight is 399 g/mol. The second kappa shape index (κ2) is 7.58. The van der Waals surface area contributed by atoms with Crippen molar-refractivity contribution in [2.45, 2.75) is 31.2 Å². The van der Waals surface area contributed by atoms with Crippen LogP contribution in [-0.4, -0.2) is 27.5 Å². The highest BCUT2D eigenvalue weighted by Crippen LogP contribution is 2.25. The zero-order chi connectivity index (χ0) is 16.2. The predicted octanol–water partition coefficient (Wildman–Crippen LogP) is 2.97. The Morgan fingerprint density at radius 2 is 2.05 bits per heavy atom. The zero-order valence-electron chi connectivity index (χ0n) is 11.9. The van der Waals surface area contributed by atoms with Crippen LogP contribution < -0.4 is 4.72 Å². The summed E-state index contributed by atoms with van der Waals surface area (Å²) in [4.78, 5) is 11.7. The van der Waals surface area contributed by atoms with Gasteiger partial charge in [-0.05, 0) is 46.5 Å². The van der Waals surface area contributed by atoms with Crippen LogP contribution in [0.4, 0.5) is 0 Å². The van der Waals surface area contributed by atoms with Crippen LogP contribution in [0.2, 0.25) is 5.02 Å². The first kappa shape index (κ1) is 18.4. The maximum absolute atomic E-state index is 12.3. The molecule has 1 rings (SSSR count). The summed E-state index contributed by atoms with van der Waals surface area (Å²) in [5.74, 6) is -0.478. The van der Waals surface area contributed by atoms with Gasteiger partial charge in [-0.2, -0.15) is 4.72 Å². The summed E-state index contributed by atoms with van der Waals surface area (Å²) in [5, 5.41) is 0.403. The largest absolute Gasteiger partial charge is 0.468 e. The number of halogens is 2. The second-order valence-corrected chi connectivity index (χ2v) is 7.88. The van der Waals surface area contributed by atoms with E-state index in [1.54, 1.807) is 0 Å². The monoisotopic (exact) mass is 397 g/mol. The summed E-state index contributed by atoms with van der Waals surface area (Å²) in [6, 6.07) is 3.30. The maximum atomic E-state index is 12.3. The minimum Gasteiger partial charge on any atom is -0.468 e. The smallest absolute Gasteiger partial charge is 0.323 e. The molecule has 21 heavy (non-hydrogen) atoms. The summed E-state index contributed by atoms with van der Waals surface area (Å²) in [6.45, 7) is 3.78. The van der Waals surface area contributed by atoms with Crippen molar-refractivity contribution in [3.8, 4) is 0 Å². The molecule has 0 aliphatic carbocycles. The number of hydrogen-bond acceptors (Lipinski definition) is 4. The van der Waals surface area contributed by atoms with Crippen LogP contribution in [0.25, 0.3) is 0 Å². The van der Waals surface area contributed by atoms with Crippen LogP contribution in [0.3, 0.4) is 0 Å². The number of carbonyl (C=O) groups excluding carboxylic acids is 1. The molecule has 0 aliphatic rings. The molecule has 0 saturated heterocycles. The molecular formula is C13H17BrClNO4S. The number of esters is 1. The Kier molecular flexibility index (Phi) is 6.65. The fourth-order valence-electron chi connectivity index (χ4n) is 1.71. The van der Waals surface area contributed by atoms with Gasteiger partial charge < -0.3 is 4.74 Å². The van der Waals surface area contributed by atoms with Gasteiger partial charge in [-0.1, -0.05) is 25.4 Å². The Morgan fingerprint density at radius 3 is 2.52 bits per heavy atom. The van der Waals surface area contributed by atoms with Crippen molar-refractivity contribution in [3.05, 3.63) is 27.7 Å². The minimum absolute atomic E-state index is 0.0245. The number of rotatable bonds is 6. The fraction of sp³-hybridized carbons (Fsp3) is 0.462. The quantitative estimate of drug-likeness (QED) is 0.748. The molecule has 1 atom stereocenters. The van der Waals surface area contributed by atoms with Gasteiger partial charge in [-0.3, -0.25) is 4.79 Å². The highest BCUT2D eigenvalue weighted by Gasteiger charge is 2.27. The predicted molar refractivity (Wildman–Crippen MR) is 84.7 cm³/mol. The van der Waals surface area contributed by atoms with Crippen LogP contribution in [0, 0.1) is 5.92 Å². The average Bonchev–Trinajstić information content (AvgIpc) is 2.39. The molecule has 1 N–H and O–H groups in total. The van der Waals surface area contributed by atoms with Crippen molar-refractivity contribution in [2.75, 3.05) is 7.11 Å². The number of ether oxygens (including phenoxy) is 1. The third-order valence-corrected chi connectivity index (χ3v) is 5.37. The molecule has 0 amide bonds. The Hall–Kier alpha value is -0.630. The maximum Gasteiger partial charge on any atom is 0.323 e. The van der Waals surface area contributed by atoms with E-state index >= 15 is 0 Å². The Labute approximate surface area is 138 Å². The van der Waals surface area contributed by atoms with E-state index in [2.05, 4.69) is 25.4 Å². The van der Waals surface area contributed by atoms with E-state index in [0.717, 1.165) is 0 Å². The lowest BCUT2D eigenvalue weighted by molar-refractivity contribution is -0.143. The van der Waals surface area contributed by atoms with Crippen LogP contribution in [0.15, 0.2) is 27.6 Å². The lowest BCUT2D eigenvalue weighted by atomic mass is 10.1. The van der Waals surface area contributed by atoms with E-state index in [-0.39, 0.29) is 10.8 Å². The SMILES string of the molecule is COC(=O)C(CC(C)C)NS(=O)(=O)c1ccc(Cl)c(Br)c1. The van der Waals surface area contributed by atoms with Crippen LogP contribution in [0.1, 0.15) is 20.3 Å². The van der Waals surface area contributed by atoms with Gasteiger partial charge >= 0.3 is 5.97 Å². The summed E-state index contributed by atoms with van der Waals surface area (Å²) < 4.78 is 32.1. The van der Waals surface area contributed by atoms with Crippen molar-refractivity contribution >= 4 is 43.5 Å². The highest BCUT2D eigenvalue weighted by atomic mass is 79.9. The summed E-state index contributed by atoms with van der Waals surface area (Å²) in [6.07, 6.45) is 0.348. The number of hydrogen-bond donors (Lipinski definition) is 1. The van der Waals surface area contributed by atoms with E-state index < -0.39 is 22.0 Å². The normalized spacial score (nSPS) is 13.2. The summed E-state index contributed by atoms with van der Waals surface area (Å²) in [7, 11) is -2.61. The van der Waals surface area contributed by atoms with Crippen molar-refractivity contribution in [2.24, 2.45) is 5.92 Å². The number of methoxy groups -OCH3 is 1. The number of sulfonamides is 1. The molecular weight excluding hydrogens is 382 g/mol. The third-order valence-electron chi connectivity index (χ3n) is 2.69. The molecule has 5 nitrogen and oxygen atoms in total. The van der Waals surface area contributed by atoms with Gasteiger partial charge in [0.1, 0.15) is 6.04 Å². The molecule has 0 fully saturated rings. The molecule has 0 bridgehead atoms. The third kappa shape index (κ3) is 5.25. The minimum atomic E-state index is -3.84. The van der Waals surface area contributed by atoms with Crippen molar-refractivity contribution in [3.63, 3.8) is 0 Å². The van der Waals surface area contributed by atoms with E-state index in [4.69, 9.17) is 11.6 Å². The fourth-order valence-corrected chi connectivity index (χ4v) is 3.58. The molecule has 0 radical (unpaired) electrons. The Balaban J connectivity index is 3.05. The lowest BCUT2D eigenvalue weighted by Gasteiger charge is -2.18. The first-order valence-electron chi connectivity index (χ1n) is 6.22. The van der Waals surface area contributed by atoms with Gasteiger partial charge in [0, 0.05) is 4.47 Å². The molecule has 1 unspecified atom stereocenters. The zero-order valence-corrected chi connectivity index (χ0v) is 15.0. The van der Waals surface area contributed by atoms with Crippen LogP contribution in [-0.2, 0) is 19.6 Å². The van der Waals surface area contributed by atoms with Gasteiger partial charge in [0.15, 0.2) is 0 Å². The van der Waals surface area contributed by atoms with Crippen molar-refractivity contribution < 1.29 is 17.9 Å². The van der Waals surface area contributed by atoms with Gasteiger partial charge in [-0.15, -0.1) is 0 Å². The molecule has 1 aromatic rings. The molecule has 0 aromatic heterocycles. The molecule has 0 heterocycles. The number of nitrogens with one attached hydrogen (secondary N) is 1. The van der Waals surface area contributed by atoms with Gasteiger partial charge in [0.25, 0.3) is 0 Å². The first-order valence-corrected chi connectivity index (χ1v) is 8.88. The van der Waals surface area contributed by atoms with E-state index in [1.165, 1.54) is 25.3 Å². The standard InChI is InChI=1S/C13H17BrClNO4S/c1-8(2)6-12(13(17)20-3)16-21(18,19)9-4-5-11(15)10(14)7-9/h4-5,7-8,12,16H,6H2,1-3H3.